The number of carbonyl (C=O) groups excluding carboxylic acids is 1. The summed E-state index contributed by atoms with van der Waals surface area (Å²) in [6.07, 6.45) is 5.31. The van der Waals surface area contributed by atoms with E-state index in [0.29, 0.717) is 31.1 Å². The van der Waals surface area contributed by atoms with Crippen molar-refractivity contribution in [3.05, 3.63) is 53.9 Å². The number of nitrogens with zero attached hydrogens (tertiary/aromatic N) is 6. The SMILES string of the molecule is CN(C)CCN(Cc1ccc(C#N)cc1)C(=O)C1CCCN(c2ncccn2)C1. The Morgan fingerprint density at radius 2 is 1.93 bits per heavy atom. The molecule has 0 radical (unpaired) electrons. The van der Waals surface area contributed by atoms with Crippen molar-refractivity contribution in [3.8, 4) is 6.07 Å². The van der Waals surface area contributed by atoms with Crippen LogP contribution in [0.4, 0.5) is 5.95 Å². The molecule has 0 N–H and O–H groups in total. The number of hydrogen-bond donors (Lipinski definition) is 0. The van der Waals surface area contributed by atoms with Crippen LogP contribution in [0.2, 0.25) is 0 Å². The number of likely N-dealkylation sites (N-methyl/N-ethyl adjacent to an activating group) is 1. The molecule has 7 nitrogen and oxygen atoms in total. The second-order valence-electron chi connectivity index (χ2n) is 7.71. The largest absolute Gasteiger partial charge is 0.340 e. The van der Waals surface area contributed by atoms with Crippen molar-refractivity contribution in [1.29, 1.82) is 5.26 Å². The van der Waals surface area contributed by atoms with E-state index in [9.17, 15) is 4.79 Å². The molecule has 1 aromatic carbocycles. The van der Waals surface area contributed by atoms with E-state index in [1.54, 1.807) is 30.6 Å². The monoisotopic (exact) mass is 392 g/mol. The molecule has 3 rings (SSSR count). The smallest absolute Gasteiger partial charge is 0.227 e. The maximum absolute atomic E-state index is 13.4. The first kappa shape index (κ1) is 20.7. The van der Waals surface area contributed by atoms with Crippen LogP contribution in [0.25, 0.3) is 0 Å². The molecular weight excluding hydrogens is 364 g/mol. The third-order valence-corrected chi connectivity index (χ3v) is 5.19. The van der Waals surface area contributed by atoms with E-state index in [1.165, 1.54) is 0 Å². The third-order valence-electron chi connectivity index (χ3n) is 5.19. The predicted molar refractivity (Wildman–Crippen MR) is 112 cm³/mol. The van der Waals surface area contributed by atoms with E-state index < -0.39 is 0 Å². The summed E-state index contributed by atoms with van der Waals surface area (Å²) in [6.45, 7) is 3.55. The highest BCUT2D eigenvalue weighted by Gasteiger charge is 2.30. The summed E-state index contributed by atoms with van der Waals surface area (Å²) < 4.78 is 0. The Morgan fingerprint density at radius 1 is 1.21 bits per heavy atom. The van der Waals surface area contributed by atoms with Crippen LogP contribution >= 0.6 is 0 Å². The Kier molecular flexibility index (Phi) is 7.14. The first-order valence-corrected chi connectivity index (χ1v) is 10.0. The molecule has 0 spiro atoms. The van der Waals surface area contributed by atoms with E-state index in [2.05, 4.69) is 25.8 Å². The number of carbonyl (C=O) groups is 1. The summed E-state index contributed by atoms with van der Waals surface area (Å²) in [4.78, 5) is 28.2. The van der Waals surface area contributed by atoms with Crippen LogP contribution in [0.1, 0.15) is 24.0 Å². The Balaban J connectivity index is 1.71. The summed E-state index contributed by atoms with van der Waals surface area (Å²) in [5.74, 6) is 0.807. The van der Waals surface area contributed by atoms with E-state index in [1.807, 2.05) is 31.1 Å². The summed E-state index contributed by atoms with van der Waals surface area (Å²) >= 11 is 0. The molecule has 1 aliphatic rings. The molecular formula is C22H28N6O. The first-order valence-electron chi connectivity index (χ1n) is 10.0. The molecule has 0 aliphatic carbocycles. The van der Waals surface area contributed by atoms with Crippen molar-refractivity contribution in [2.24, 2.45) is 5.92 Å². The van der Waals surface area contributed by atoms with Gasteiger partial charge in [0.25, 0.3) is 0 Å². The van der Waals surface area contributed by atoms with Gasteiger partial charge in [-0.1, -0.05) is 12.1 Å². The Hall–Kier alpha value is -2.98. The van der Waals surface area contributed by atoms with Crippen molar-refractivity contribution in [2.75, 3.05) is 45.2 Å². The number of amides is 1. The van der Waals surface area contributed by atoms with Gasteiger partial charge < -0.3 is 14.7 Å². The topological polar surface area (TPSA) is 76.4 Å². The van der Waals surface area contributed by atoms with Gasteiger partial charge in [-0.2, -0.15) is 5.26 Å². The van der Waals surface area contributed by atoms with Crippen LogP contribution in [-0.4, -0.2) is 65.9 Å². The molecule has 1 atom stereocenters. The maximum Gasteiger partial charge on any atom is 0.227 e. The van der Waals surface area contributed by atoms with Gasteiger partial charge in [-0.05, 0) is 50.7 Å². The lowest BCUT2D eigenvalue weighted by Gasteiger charge is -2.35. The molecule has 29 heavy (non-hydrogen) atoms. The quantitative estimate of drug-likeness (QED) is 0.719. The Bertz CT molecular complexity index is 831. The highest BCUT2D eigenvalue weighted by molar-refractivity contribution is 5.79. The number of nitriles is 1. The standard InChI is InChI=1S/C22H28N6O/c1-26(2)13-14-27(16-19-8-6-18(15-23)7-9-19)21(29)20-5-3-12-28(17-20)22-24-10-4-11-25-22/h4,6-11,20H,3,5,12-14,16-17H2,1-2H3. The second-order valence-corrected chi connectivity index (χ2v) is 7.71. The molecule has 1 aromatic heterocycles. The minimum absolute atomic E-state index is 0.0619. The van der Waals surface area contributed by atoms with Gasteiger partial charge in [0, 0.05) is 45.1 Å². The van der Waals surface area contributed by atoms with Gasteiger partial charge in [-0.15, -0.1) is 0 Å². The van der Waals surface area contributed by atoms with Gasteiger partial charge in [-0.3, -0.25) is 4.79 Å². The van der Waals surface area contributed by atoms with Crippen LogP contribution in [0.3, 0.4) is 0 Å². The lowest BCUT2D eigenvalue weighted by Crippen LogP contribution is -2.46. The fraction of sp³-hybridized carbons (Fsp3) is 0.455. The minimum Gasteiger partial charge on any atom is -0.340 e. The van der Waals surface area contributed by atoms with Gasteiger partial charge >= 0.3 is 0 Å². The van der Waals surface area contributed by atoms with Gasteiger partial charge in [-0.25, -0.2) is 9.97 Å². The van der Waals surface area contributed by atoms with Crippen molar-refractivity contribution in [3.63, 3.8) is 0 Å². The van der Waals surface area contributed by atoms with Crippen molar-refractivity contribution >= 4 is 11.9 Å². The van der Waals surface area contributed by atoms with Crippen LogP contribution in [0.15, 0.2) is 42.7 Å². The molecule has 1 aliphatic heterocycles. The first-order chi connectivity index (χ1) is 14.1. The molecule has 2 aromatic rings. The van der Waals surface area contributed by atoms with Crippen LogP contribution in [0.5, 0.6) is 0 Å². The van der Waals surface area contributed by atoms with Crippen LogP contribution in [0, 0.1) is 17.2 Å². The van der Waals surface area contributed by atoms with Gasteiger partial charge in [0.2, 0.25) is 11.9 Å². The van der Waals surface area contributed by atoms with Crippen molar-refractivity contribution in [2.45, 2.75) is 19.4 Å². The summed E-state index contributed by atoms with van der Waals surface area (Å²) in [5, 5.41) is 9.00. The second kappa shape index (κ2) is 9.99. The number of aromatic nitrogens is 2. The highest BCUT2D eigenvalue weighted by atomic mass is 16.2. The number of rotatable bonds is 7. The van der Waals surface area contributed by atoms with E-state index >= 15 is 0 Å². The number of piperidine rings is 1. The van der Waals surface area contributed by atoms with Crippen LogP contribution in [-0.2, 0) is 11.3 Å². The highest BCUT2D eigenvalue weighted by Crippen LogP contribution is 2.22. The Morgan fingerprint density at radius 3 is 2.59 bits per heavy atom. The fourth-order valence-corrected chi connectivity index (χ4v) is 3.57. The normalized spacial score (nSPS) is 16.5. The average Bonchev–Trinajstić information content (AvgIpc) is 2.77. The van der Waals surface area contributed by atoms with E-state index in [0.717, 1.165) is 31.5 Å². The summed E-state index contributed by atoms with van der Waals surface area (Å²) in [6, 6.07) is 11.4. The molecule has 7 heteroatoms. The van der Waals surface area contributed by atoms with Crippen molar-refractivity contribution < 1.29 is 4.79 Å². The molecule has 0 saturated carbocycles. The zero-order valence-electron chi connectivity index (χ0n) is 17.2. The van der Waals surface area contributed by atoms with E-state index in [-0.39, 0.29) is 11.8 Å². The number of anilines is 1. The number of benzene rings is 1. The third kappa shape index (κ3) is 5.75. The maximum atomic E-state index is 13.4. The molecule has 152 valence electrons. The predicted octanol–water partition coefficient (Wildman–Crippen LogP) is 2.16. The minimum atomic E-state index is -0.0619. The van der Waals surface area contributed by atoms with Gasteiger partial charge in [0.15, 0.2) is 0 Å². The molecule has 1 saturated heterocycles. The lowest BCUT2D eigenvalue weighted by atomic mass is 9.96. The van der Waals surface area contributed by atoms with Gasteiger partial charge in [0.1, 0.15) is 0 Å². The van der Waals surface area contributed by atoms with E-state index in [4.69, 9.17) is 5.26 Å². The number of hydrogen-bond acceptors (Lipinski definition) is 6. The van der Waals surface area contributed by atoms with Crippen LogP contribution < -0.4 is 4.90 Å². The summed E-state index contributed by atoms with van der Waals surface area (Å²) in [5.41, 5.74) is 1.67. The zero-order chi connectivity index (χ0) is 20.6. The molecule has 1 fully saturated rings. The molecule has 1 amide bonds. The fourth-order valence-electron chi connectivity index (χ4n) is 3.57. The lowest BCUT2D eigenvalue weighted by molar-refractivity contribution is -0.136. The average molecular weight is 393 g/mol. The van der Waals surface area contributed by atoms with Crippen molar-refractivity contribution in [1.82, 2.24) is 19.8 Å². The molecule has 2 heterocycles. The Labute approximate surface area is 172 Å². The zero-order valence-corrected chi connectivity index (χ0v) is 17.2. The molecule has 0 bridgehead atoms. The molecule has 1 unspecified atom stereocenters. The summed E-state index contributed by atoms with van der Waals surface area (Å²) in [7, 11) is 4.03. The van der Waals surface area contributed by atoms with Gasteiger partial charge in [0.05, 0.1) is 17.6 Å².